The maximum Gasteiger partial charge on any atom is 0.115 e. The lowest BCUT2D eigenvalue weighted by Crippen LogP contribution is -2.05. The zero-order valence-electron chi connectivity index (χ0n) is 4.61. The summed E-state index contributed by atoms with van der Waals surface area (Å²) in [5, 5.41) is 18.4. The van der Waals surface area contributed by atoms with Gasteiger partial charge in [0.05, 0.1) is 18.1 Å². The Bertz CT molecular complexity index is 208. The van der Waals surface area contributed by atoms with Gasteiger partial charge in [0.15, 0.2) is 0 Å². The van der Waals surface area contributed by atoms with Crippen LogP contribution in [0.25, 0.3) is 0 Å². The fourth-order valence-electron chi connectivity index (χ4n) is 0.622. The minimum Gasteiger partial charge on any atom is -0.198 e. The molecule has 3 heteroatoms. The number of allylic oxidation sites excluding steroid dienone is 1. The molecule has 1 rings (SSSR count). The van der Waals surface area contributed by atoms with E-state index in [1.54, 1.807) is 6.08 Å². The Balaban J connectivity index is 2.65. The molecule has 2 unspecified atom stereocenters. The van der Waals surface area contributed by atoms with Crippen LogP contribution in [-0.2, 0) is 0 Å². The van der Waals surface area contributed by atoms with Gasteiger partial charge in [-0.05, 0) is 5.41 Å². The van der Waals surface area contributed by atoms with E-state index in [0.717, 1.165) is 0 Å². The average molecular weight is 136 g/mol. The quantitative estimate of drug-likeness (QED) is 0.504. The molecule has 2 atom stereocenters. The van der Waals surface area contributed by atoms with Crippen LogP contribution in [0.4, 0.5) is 0 Å². The van der Waals surface area contributed by atoms with E-state index in [2.05, 4.69) is 0 Å². The molecule has 9 heavy (non-hydrogen) atoms. The number of hydrogen-bond acceptors (Lipinski definition) is 3. The van der Waals surface area contributed by atoms with E-state index in [0.29, 0.717) is 0 Å². The highest BCUT2D eigenvalue weighted by molar-refractivity contribution is 8.03. The Labute approximate surface area is 57.8 Å². The number of nitriles is 2. The first kappa shape index (κ1) is 6.19. The molecule has 0 aromatic carbocycles. The maximum absolute atomic E-state index is 8.41. The highest BCUT2D eigenvalue weighted by Crippen LogP contribution is 2.28. The molecule has 0 saturated heterocycles. The molecule has 0 aliphatic carbocycles. The summed E-state index contributed by atoms with van der Waals surface area (Å²) in [6.07, 6.45) is 1.76. The van der Waals surface area contributed by atoms with E-state index in [1.165, 1.54) is 11.8 Å². The second-order valence-corrected chi connectivity index (χ2v) is 2.72. The van der Waals surface area contributed by atoms with Crippen LogP contribution in [0.3, 0.4) is 0 Å². The van der Waals surface area contributed by atoms with E-state index in [1.807, 2.05) is 17.5 Å². The van der Waals surface area contributed by atoms with Gasteiger partial charge in [-0.25, -0.2) is 0 Å². The average Bonchev–Trinajstić information content (AvgIpc) is 2.33. The van der Waals surface area contributed by atoms with Crippen LogP contribution in [0, 0.1) is 28.6 Å². The van der Waals surface area contributed by atoms with Crippen molar-refractivity contribution in [3.63, 3.8) is 0 Å². The van der Waals surface area contributed by atoms with E-state index < -0.39 is 0 Å². The summed E-state index contributed by atoms with van der Waals surface area (Å²) in [5.41, 5.74) is 0. The summed E-state index contributed by atoms with van der Waals surface area (Å²) in [7, 11) is 0. The fraction of sp³-hybridized carbons (Fsp3) is 0.333. The first-order valence-corrected chi connectivity index (χ1v) is 3.44. The summed E-state index contributed by atoms with van der Waals surface area (Å²) in [4.78, 5) is 0. The van der Waals surface area contributed by atoms with Crippen LogP contribution < -0.4 is 0 Å². The van der Waals surface area contributed by atoms with Crippen LogP contribution in [-0.4, -0.2) is 5.25 Å². The topological polar surface area (TPSA) is 47.6 Å². The predicted octanol–water partition coefficient (Wildman–Crippen LogP) is 1.28. The van der Waals surface area contributed by atoms with E-state index in [-0.39, 0.29) is 11.2 Å². The van der Waals surface area contributed by atoms with Crippen molar-refractivity contribution in [2.45, 2.75) is 5.25 Å². The largest absolute Gasteiger partial charge is 0.198 e. The third-order valence-corrected chi connectivity index (χ3v) is 2.12. The molecule has 2 nitrogen and oxygen atoms in total. The van der Waals surface area contributed by atoms with Crippen molar-refractivity contribution in [3.05, 3.63) is 11.5 Å². The molecule has 1 aliphatic heterocycles. The molecule has 0 aromatic rings. The minimum atomic E-state index is -0.194. The van der Waals surface area contributed by atoms with Crippen molar-refractivity contribution in [1.29, 1.82) is 10.5 Å². The molecule has 0 radical (unpaired) electrons. The standard InChI is InChI=1S/C6H4N2S/c7-3-5-1-2-9-6(5)4-8/h1-2,5-6H. The summed E-state index contributed by atoms with van der Waals surface area (Å²) >= 11 is 1.41. The van der Waals surface area contributed by atoms with Gasteiger partial charge in [0.25, 0.3) is 0 Å². The summed E-state index contributed by atoms with van der Waals surface area (Å²) in [6, 6.07) is 4.08. The summed E-state index contributed by atoms with van der Waals surface area (Å²) < 4.78 is 0. The number of thioether (sulfide) groups is 1. The molecule has 0 bridgehead atoms. The SMILES string of the molecule is N#CC1C=CSC1C#N. The zero-order chi connectivity index (χ0) is 6.69. The van der Waals surface area contributed by atoms with Crippen molar-refractivity contribution in [1.82, 2.24) is 0 Å². The van der Waals surface area contributed by atoms with Crippen LogP contribution >= 0.6 is 11.8 Å². The normalized spacial score (nSPS) is 31.3. The highest BCUT2D eigenvalue weighted by atomic mass is 32.2. The lowest BCUT2D eigenvalue weighted by Gasteiger charge is -1.98. The van der Waals surface area contributed by atoms with Crippen LogP contribution in [0.2, 0.25) is 0 Å². The molecule has 0 saturated carbocycles. The van der Waals surface area contributed by atoms with Crippen LogP contribution in [0.5, 0.6) is 0 Å². The second kappa shape index (κ2) is 2.57. The predicted molar refractivity (Wildman–Crippen MR) is 35.2 cm³/mol. The Kier molecular flexibility index (Phi) is 1.77. The molecule has 0 N–H and O–H groups in total. The maximum atomic E-state index is 8.41. The molecule has 0 amide bonds. The molecule has 44 valence electrons. The minimum absolute atomic E-state index is 0.171. The first-order valence-electron chi connectivity index (χ1n) is 2.50. The molecule has 1 heterocycles. The molecular weight excluding hydrogens is 132 g/mol. The zero-order valence-corrected chi connectivity index (χ0v) is 5.43. The molecular formula is C6H4N2S. The van der Waals surface area contributed by atoms with Gasteiger partial charge in [0.1, 0.15) is 5.25 Å². The van der Waals surface area contributed by atoms with Gasteiger partial charge in [-0.3, -0.25) is 0 Å². The molecule has 0 spiro atoms. The monoisotopic (exact) mass is 136 g/mol. The number of rotatable bonds is 0. The van der Waals surface area contributed by atoms with Gasteiger partial charge in [-0.15, -0.1) is 11.8 Å². The Morgan fingerprint density at radius 3 is 2.56 bits per heavy atom. The number of nitrogens with zero attached hydrogens (tertiary/aromatic N) is 2. The van der Waals surface area contributed by atoms with Gasteiger partial charge in [-0.1, -0.05) is 6.08 Å². The van der Waals surface area contributed by atoms with Gasteiger partial charge < -0.3 is 0 Å². The van der Waals surface area contributed by atoms with E-state index in [9.17, 15) is 0 Å². The smallest absolute Gasteiger partial charge is 0.115 e. The van der Waals surface area contributed by atoms with Crippen molar-refractivity contribution in [3.8, 4) is 12.1 Å². The lowest BCUT2D eigenvalue weighted by molar-refractivity contribution is 0.891. The molecule has 0 aromatic heterocycles. The Morgan fingerprint density at radius 1 is 1.33 bits per heavy atom. The lowest BCUT2D eigenvalue weighted by atomic mass is 10.1. The first-order chi connectivity index (χ1) is 4.38. The third-order valence-electron chi connectivity index (χ3n) is 1.11. The number of hydrogen-bond donors (Lipinski definition) is 0. The van der Waals surface area contributed by atoms with Crippen molar-refractivity contribution in [2.24, 2.45) is 5.92 Å². The van der Waals surface area contributed by atoms with Crippen molar-refractivity contribution in [2.75, 3.05) is 0 Å². The van der Waals surface area contributed by atoms with Gasteiger partial charge in [0.2, 0.25) is 0 Å². The van der Waals surface area contributed by atoms with Gasteiger partial charge in [-0.2, -0.15) is 10.5 Å². The fourth-order valence-corrected chi connectivity index (χ4v) is 1.43. The molecule has 1 aliphatic rings. The Morgan fingerprint density at radius 2 is 2.11 bits per heavy atom. The summed E-state index contributed by atoms with van der Waals surface area (Å²) in [6.45, 7) is 0. The van der Waals surface area contributed by atoms with Crippen molar-refractivity contribution < 1.29 is 0 Å². The Hall–Kier alpha value is -0.930. The molecule has 0 fully saturated rings. The van der Waals surface area contributed by atoms with Crippen LogP contribution in [0.15, 0.2) is 11.5 Å². The van der Waals surface area contributed by atoms with Gasteiger partial charge >= 0.3 is 0 Å². The highest BCUT2D eigenvalue weighted by Gasteiger charge is 2.22. The van der Waals surface area contributed by atoms with E-state index in [4.69, 9.17) is 10.5 Å². The summed E-state index contributed by atoms with van der Waals surface area (Å²) in [5.74, 6) is -0.194. The van der Waals surface area contributed by atoms with Crippen LogP contribution in [0.1, 0.15) is 0 Å². The van der Waals surface area contributed by atoms with Crippen molar-refractivity contribution >= 4 is 11.8 Å². The van der Waals surface area contributed by atoms with E-state index >= 15 is 0 Å². The second-order valence-electron chi connectivity index (χ2n) is 1.67. The third kappa shape index (κ3) is 1.06. The van der Waals surface area contributed by atoms with Gasteiger partial charge in [0, 0.05) is 0 Å².